The van der Waals surface area contributed by atoms with E-state index in [9.17, 15) is 0 Å². The molecule has 1 fully saturated rings. The van der Waals surface area contributed by atoms with Crippen molar-refractivity contribution in [3.05, 3.63) is 0 Å². The lowest BCUT2D eigenvalue weighted by atomic mass is 9.62. The molecular weight excluding hydrogens is 126 g/mol. The highest BCUT2D eigenvalue weighted by Crippen LogP contribution is 2.44. The molecule has 0 aromatic carbocycles. The summed E-state index contributed by atoms with van der Waals surface area (Å²) in [4.78, 5) is 0. The minimum absolute atomic E-state index is 0.359. The summed E-state index contributed by atoms with van der Waals surface area (Å²) in [7, 11) is 0. The maximum atomic E-state index is 8.51. The Morgan fingerprint density at radius 1 is 1.20 bits per heavy atom. The van der Waals surface area contributed by atoms with E-state index < -0.39 is 5.41 Å². The summed E-state index contributed by atoms with van der Waals surface area (Å²) >= 11 is 0. The maximum Gasteiger partial charge on any atom is 0.159 e. The SMILES string of the molecule is N#CC1CCC1(C#N)C#N. The molecule has 0 aromatic rings. The molecular formula is C7H5N3. The summed E-state index contributed by atoms with van der Waals surface area (Å²) in [5.74, 6) is -0.359. The second-order valence-electron chi connectivity index (χ2n) is 2.42. The Bertz CT molecular complexity index is 246. The molecule has 0 aliphatic heterocycles. The second kappa shape index (κ2) is 2.01. The number of hydrogen-bond donors (Lipinski definition) is 0. The third-order valence-electron chi connectivity index (χ3n) is 1.98. The number of nitriles is 3. The van der Waals surface area contributed by atoms with E-state index in [1.807, 2.05) is 18.2 Å². The van der Waals surface area contributed by atoms with Gasteiger partial charge in [0.25, 0.3) is 0 Å². The first-order chi connectivity index (χ1) is 4.79. The quantitative estimate of drug-likeness (QED) is 0.491. The van der Waals surface area contributed by atoms with E-state index in [0.717, 1.165) is 0 Å². The predicted molar refractivity (Wildman–Crippen MR) is 32.0 cm³/mol. The van der Waals surface area contributed by atoms with Crippen molar-refractivity contribution in [3.63, 3.8) is 0 Å². The standard InChI is InChI=1S/C7H5N3/c8-3-6-1-2-7(6,4-9)5-10/h6H,1-2H2. The number of nitrogens with zero attached hydrogens (tertiary/aromatic N) is 3. The summed E-state index contributed by atoms with van der Waals surface area (Å²) in [6, 6.07) is 5.71. The van der Waals surface area contributed by atoms with E-state index in [1.54, 1.807) is 0 Å². The Labute approximate surface area is 59.1 Å². The lowest BCUT2D eigenvalue weighted by Gasteiger charge is -2.33. The van der Waals surface area contributed by atoms with Crippen molar-refractivity contribution in [1.29, 1.82) is 15.8 Å². The number of hydrogen-bond acceptors (Lipinski definition) is 3. The molecule has 0 aromatic heterocycles. The molecule has 3 heteroatoms. The summed E-state index contributed by atoms with van der Waals surface area (Å²) in [6.07, 6.45) is 1.25. The molecule has 1 aliphatic rings. The molecule has 1 saturated carbocycles. The van der Waals surface area contributed by atoms with Crippen molar-refractivity contribution < 1.29 is 0 Å². The first-order valence-corrected chi connectivity index (χ1v) is 3.01. The van der Waals surface area contributed by atoms with Gasteiger partial charge in [-0.15, -0.1) is 0 Å². The van der Waals surface area contributed by atoms with Gasteiger partial charge in [-0.1, -0.05) is 0 Å². The lowest BCUT2D eigenvalue weighted by Crippen LogP contribution is -2.36. The van der Waals surface area contributed by atoms with Crippen LogP contribution in [-0.2, 0) is 0 Å². The largest absolute Gasteiger partial charge is 0.198 e. The minimum atomic E-state index is -0.977. The van der Waals surface area contributed by atoms with Crippen molar-refractivity contribution in [2.45, 2.75) is 12.8 Å². The predicted octanol–water partition coefficient (Wildman–Crippen LogP) is 0.954. The van der Waals surface area contributed by atoms with Gasteiger partial charge in [-0.05, 0) is 12.8 Å². The fourth-order valence-corrected chi connectivity index (χ4v) is 1.04. The van der Waals surface area contributed by atoms with Crippen LogP contribution in [0.3, 0.4) is 0 Å². The fourth-order valence-electron chi connectivity index (χ4n) is 1.04. The van der Waals surface area contributed by atoms with E-state index in [1.165, 1.54) is 0 Å². The second-order valence-corrected chi connectivity index (χ2v) is 2.42. The average molecular weight is 131 g/mol. The zero-order chi connectivity index (χ0) is 7.61. The van der Waals surface area contributed by atoms with Gasteiger partial charge >= 0.3 is 0 Å². The van der Waals surface area contributed by atoms with Gasteiger partial charge in [0, 0.05) is 0 Å². The normalized spacial score (nSPS) is 26.7. The lowest BCUT2D eigenvalue weighted by molar-refractivity contribution is 0.216. The van der Waals surface area contributed by atoms with Gasteiger partial charge in [-0.3, -0.25) is 0 Å². The minimum Gasteiger partial charge on any atom is -0.198 e. The van der Waals surface area contributed by atoms with Crippen LogP contribution in [0, 0.1) is 45.3 Å². The van der Waals surface area contributed by atoms with Gasteiger partial charge < -0.3 is 0 Å². The third-order valence-corrected chi connectivity index (χ3v) is 1.98. The average Bonchev–Trinajstić information content (AvgIpc) is 1.90. The molecule has 1 rings (SSSR count). The first-order valence-electron chi connectivity index (χ1n) is 3.01. The van der Waals surface area contributed by atoms with Gasteiger partial charge in [0.2, 0.25) is 0 Å². The van der Waals surface area contributed by atoms with Crippen LogP contribution in [0.1, 0.15) is 12.8 Å². The molecule has 3 nitrogen and oxygen atoms in total. The van der Waals surface area contributed by atoms with Gasteiger partial charge in [0.15, 0.2) is 5.41 Å². The van der Waals surface area contributed by atoms with Crippen LogP contribution in [-0.4, -0.2) is 0 Å². The van der Waals surface area contributed by atoms with Crippen molar-refractivity contribution in [3.8, 4) is 18.2 Å². The van der Waals surface area contributed by atoms with Crippen molar-refractivity contribution >= 4 is 0 Å². The molecule has 1 aliphatic carbocycles. The molecule has 0 radical (unpaired) electrons. The molecule has 0 N–H and O–H groups in total. The maximum absolute atomic E-state index is 8.51. The van der Waals surface area contributed by atoms with E-state index in [0.29, 0.717) is 12.8 Å². The zero-order valence-electron chi connectivity index (χ0n) is 5.33. The van der Waals surface area contributed by atoms with E-state index in [2.05, 4.69) is 0 Å². The molecule has 10 heavy (non-hydrogen) atoms. The molecule has 0 amide bonds. The highest BCUT2D eigenvalue weighted by atomic mass is 14.5. The topological polar surface area (TPSA) is 71.4 Å². The monoisotopic (exact) mass is 131 g/mol. The molecule has 0 heterocycles. The number of rotatable bonds is 0. The summed E-state index contributed by atoms with van der Waals surface area (Å²) in [5.41, 5.74) is -0.977. The van der Waals surface area contributed by atoms with Crippen LogP contribution in [0.4, 0.5) is 0 Å². The van der Waals surface area contributed by atoms with Crippen molar-refractivity contribution in [1.82, 2.24) is 0 Å². The van der Waals surface area contributed by atoms with Crippen LogP contribution in [0.2, 0.25) is 0 Å². The van der Waals surface area contributed by atoms with Gasteiger partial charge in [-0.25, -0.2) is 0 Å². The van der Waals surface area contributed by atoms with E-state index in [-0.39, 0.29) is 5.92 Å². The molecule has 48 valence electrons. The van der Waals surface area contributed by atoms with Gasteiger partial charge in [0.1, 0.15) is 0 Å². The van der Waals surface area contributed by atoms with Gasteiger partial charge in [-0.2, -0.15) is 15.8 Å². The summed E-state index contributed by atoms with van der Waals surface area (Å²) in [6.45, 7) is 0. The Hall–Kier alpha value is -1.53. The highest BCUT2D eigenvalue weighted by molar-refractivity contribution is 5.26. The zero-order valence-corrected chi connectivity index (χ0v) is 5.33. The van der Waals surface area contributed by atoms with Crippen LogP contribution >= 0.6 is 0 Å². The fraction of sp³-hybridized carbons (Fsp3) is 0.571. The summed E-state index contributed by atoms with van der Waals surface area (Å²) < 4.78 is 0. The van der Waals surface area contributed by atoms with Crippen molar-refractivity contribution in [2.24, 2.45) is 11.3 Å². The molecule has 0 bridgehead atoms. The summed E-state index contributed by atoms with van der Waals surface area (Å²) in [5, 5.41) is 25.5. The highest BCUT2D eigenvalue weighted by Gasteiger charge is 2.48. The molecule has 0 spiro atoms. The Morgan fingerprint density at radius 3 is 1.90 bits per heavy atom. The van der Waals surface area contributed by atoms with Crippen LogP contribution < -0.4 is 0 Å². The first kappa shape index (κ1) is 6.59. The molecule has 1 atom stereocenters. The third kappa shape index (κ3) is 0.567. The Balaban J connectivity index is 2.84. The van der Waals surface area contributed by atoms with Crippen LogP contribution in [0.15, 0.2) is 0 Å². The Morgan fingerprint density at radius 2 is 1.80 bits per heavy atom. The smallest absolute Gasteiger partial charge is 0.159 e. The Kier molecular flexibility index (Phi) is 1.32. The molecule has 0 saturated heterocycles. The van der Waals surface area contributed by atoms with Gasteiger partial charge in [0.05, 0.1) is 24.1 Å². The van der Waals surface area contributed by atoms with E-state index >= 15 is 0 Å². The van der Waals surface area contributed by atoms with Crippen LogP contribution in [0.25, 0.3) is 0 Å². The molecule has 1 unspecified atom stereocenters. The van der Waals surface area contributed by atoms with Crippen molar-refractivity contribution in [2.75, 3.05) is 0 Å². The van der Waals surface area contributed by atoms with E-state index in [4.69, 9.17) is 15.8 Å². The van der Waals surface area contributed by atoms with Crippen LogP contribution in [0.5, 0.6) is 0 Å².